The average molecular weight is 316 g/mol. The third kappa shape index (κ3) is 2.82. The second kappa shape index (κ2) is 6.04. The average Bonchev–Trinajstić information content (AvgIpc) is 2.57. The van der Waals surface area contributed by atoms with Crippen LogP contribution < -0.4 is 10.3 Å². The van der Waals surface area contributed by atoms with Gasteiger partial charge in [-0.1, -0.05) is 0 Å². The second-order valence-corrected chi connectivity index (χ2v) is 5.82. The first kappa shape index (κ1) is 15.6. The van der Waals surface area contributed by atoms with Crippen molar-refractivity contribution >= 4 is 22.6 Å². The minimum absolute atomic E-state index is 0.187. The van der Waals surface area contributed by atoms with Gasteiger partial charge in [0.1, 0.15) is 0 Å². The maximum absolute atomic E-state index is 12.8. The van der Waals surface area contributed by atoms with Gasteiger partial charge in [-0.15, -0.1) is 0 Å². The van der Waals surface area contributed by atoms with Gasteiger partial charge in [0.15, 0.2) is 5.43 Å². The van der Waals surface area contributed by atoms with Crippen LogP contribution in [0.5, 0.6) is 0 Å². The number of pyridine rings is 1. The summed E-state index contributed by atoms with van der Waals surface area (Å²) in [4.78, 5) is 26.0. The quantitative estimate of drug-likeness (QED) is 0.924. The van der Waals surface area contributed by atoms with Gasteiger partial charge >= 0.3 is 5.97 Å². The van der Waals surface area contributed by atoms with Crippen LogP contribution >= 0.6 is 0 Å². The van der Waals surface area contributed by atoms with Crippen molar-refractivity contribution in [1.29, 1.82) is 0 Å². The maximum Gasteiger partial charge on any atom is 0.308 e. The Bertz CT molecular complexity index is 819. The first-order valence-corrected chi connectivity index (χ1v) is 7.65. The van der Waals surface area contributed by atoms with Crippen molar-refractivity contribution in [1.82, 2.24) is 4.57 Å². The standard InChI is InChI=1S/C17H20N2O4/c1-11-13(10-16(20)21)17(22)14-9-12(3-4-15(14)18(11)2)19-5-7-23-8-6-19/h3-4,9H,5-8,10H2,1-2H3,(H,20,21). The summed E-state index contributed by atoms with van der Waals surface area (Å²) in [6.07, 6.45) is -0.254. The minimum atomic E-state index is -0.992. The Kier molecular flexibility index (Phi) is 4.09. The predicted octanol–water partition coefficient (Wildman–Crippen LogP) is 1.31. The van der Waals surface area contributed by atoms with Gasteiger partial charge in [-0.25, -0.2) is 0 Å². The number of hydrogen-bond acceptors (Lipinski definition) is 4. The Morgan fingerprint density at radius 3 is 2.65 bits per heavy atom. The SMILES string of the molecule is Cc1c(CC(=O)O)c(=O)c2cc(N3CCOCC3)ccc2n1C. The number of fused-ring (bicyclic) bond motifs is 1. The van der Waals surface area contributed by atoms with E-state index in [9.17, 15) is 9.59 Å². The van der Waals surface area contributed by atoms with Crippen LogP contribution in [0.2, 0.25) is 0 Å². The molecular formula is C17H20N2O4. The van der Waals surface area contributed by atoms with Gasteiger partial charge in [-0.3, -0.25) is 9.59 Å². The van der Waals surface area contributed by atoms with Gasteiger partial charge in [0, 0.05) is 42.5 Å². The molecule has 3 rings (SSSR count). The molecule has 0 bridgehead atoms. The topological polar surface area (TPSA) is 71.8 Å². The summed E-state index contributed by atoms with van der Waals surface area (Å²) in [6.45, 7) is 4.72. The van der Waals surface area contributed by atoms with Crippen LogP contribution in [0, 0.1) is 6.92 Å². The molecule has 0 unspecified atom stereocenters. The van der Waals surface area contributed by atoms with Gasteiger partial charge in [0.25, 0.3) is 0 Å². The summed E-state index contributed by atoms with van der Waals surface area (Å²) in [6, 6.07) is 5.80. The van der Waals surface area contributed by atoms with E-state index in [1.54, 1.807) is 6.92 Å². The van der Waals surface area contributed by atoms with E-state index in [0.717, 1.165) is 24.3 Å². The van der Waals surface area contributed by atoms with Crippen LogP contribution in [0.15, 0.2) is 23.0 Å². The molecule has 1 aliphatic rings. The molecule has 1 aliphatic heterocycles. The Hall–Kier alpha value is -2.34. The molecule has 0 radical (unpaired) electrons. The lowest BCUT2D eigenvalue weighted by molar-refractivity contribution is -0.136. The largest absolute Gasteiger partial charge is 0.481 e. The molecule has 0 saturated carbocycles. The lowest BCUT2D eigenvalue weighted by Gasteiger charge is -2.29. The molecule has 0 amide bonds. The molecule has 0 spiro atoms. The zero-order chi connectivity index (χ0) is 16.6. The summed E-state index contributed by atoms with van der Waals surface area (Å²) in [5.74, 6) is -0.992. The number of morpholine rings is 1. The summed E-state index contributed by atoms with van der Waals surface area (Å²) in [7, 11) is 1.86. The van der Waals surface area contributed by atoms with Crippen LogP contribution in [-0.4, -0.2) is 41.9 Å². The lowest BCUT2D eigenvalue weighted by atomic mass is 10.0. The highest BCUT2D eigenvalue weighted by atomic mass is 16.5. The molecule has 6 heteroatoms. The molecule has 0 aliphatic carbocycles. The number of carboxylic acid groups (broad SMARTS) is 1. The van der Waals surface area contributed by atoms with Gasteiger partial charge in [-0.05, 0) is 25.1 Å². The van der Waals surface area contributed by atoms with Crippen molar-refractivity contribution in [3.05, 3.63) is 39.7 Å². The molecule has 1 fully saturated rings. The van der Waals surface area contributed by atoms with Crippen molar-refractivity contribution in [3.8, 4) is 0 Å². The van der Waals surface area contributed by atoms with Crippen molar-refractivity contribution in [2.45, 2.75) is 13.3 Å². The highest BCUT2D eigenvalue weighted by Crippen LogP contribution is 2.23. The lowest BCUT2D eigenvalue weighted by Crippen LogP contribution is -2.36. The fraction of sp³-hybridized carbons (Fsp3) is 0.412. The van der Waals surface area contributed by atoms with E-state index in [1.165, 1.54) is 0 Å². The first-order valence-electron chi connectivity index (χ1n) is 7.65. The van der Waals surface area contributed by atoms with Gasteiger partial charge in [0.2, 0.25) is 0 Å². The van der Waals surface area contributed by atoms with Gasteiger partial charge in [-0.2, -0.15) is 0 Å². The smallest absolute Gasteiger partial charge is 0.308 e. The number of rotatable bonds is 3. The molecule has 1 saturated heterocycles. The van der Waals surface area contributed by atoms with E-state index >= 15 is 0 Å². The Labute approximate surface area is 133 Å². The fourth-order valence-electron chi connectivity index (χ4n) is 3.09. The van der Waals surface area contributed by atoms with Crippen molar-refractivity contribution in [2.75, 3.05) is 31.2 Å². The second-order valence-electron chi connectivity index (χ2n) is 5.82. The first-order chi connectivity index (χ1) is 11.0. The number of ether oxygens (including phenoxy) is 1. The van der Waals surface area contributed by atoms with Crippen LogP contribution in [0.25, 0.3) is 10.9 Å². The number of aliphatic carboxylic acids is 1. The number of nitrogens with zero attached hydrogens (tertiary/aromatic N) is 2. The van der Waals surface area contributed by atoms with Gasteiger partial charge < -0.3 is 19.3 Å². The van der Waals surface area contributed by atoms with E-state index in [4.69, 9.17) is 9.84 Å². The molecular weight excluding hydrogens is 296 g/mol. The van der Waals surface area contributed by atoms with Crippen molar-refractivity contribution < 1.29 is 14.6 Å². The van der Waals surface area contributed by atoms with E-state index in [1.807, 2.05) is 29.8 Å². The Balaban J connectivity index is 2.17. The summed E-state index contributed by atoms with van der Waals surface area (Å²) in [5.41, 5.74) is 2.66. The minimum Gasteiger partial charge on any atom is -0.481 e. The monoisotopic (exact) mass is 316 g/mol. The maximum atomic E-state index is 12.8. The third-order valence-electron chi connectivity index (χ3n) is 4.50. The number of benzene rings is 1. The summed E-state index contributed by atoms with van der Waals surface area (Å²) < 4.78 is 7.24. The zero-order valence-electron chi connectivity index (χ0n) is 13.3. The van der Waals surface area contributed by atoms with Crippen molar-refractivity contribution in [2.24, 2.45) is 7.05 Å². The molecule has 0 atom stereocenters. The molecule has 23 heavy (non-hydrogen) atoms. The van der Waals surface area contributed by atoms with E-state index in [2.05, 4.69) is 4.90 Å². The summed E-state index contributed by atoms with van der Waals surface area (Å²) >= 11 is 0. The third-order valence-corrected chi connectivity index (χ3v) is 4.50. The predicted molar refractivity (Wildman–Crippen MR) is 88.3 cm³/mol. The number of aryl methyl sites for hydroxylation is 1. The molecule has 1 aromatic carbocycles. The molecule has 6 nitrogen and oxygen atoms in total. The molecule has 122 valence electrons. The van der Waals surface area contributed by atoms with E-state index < -0.39 is 5.97 Å². The summed E-state index contributed by atoms with van der Waals surface area (Å²) in [5, 5.41) is 9.63. The van der Waals surface area contributed by atoms with Crippen molar-refractivity contribution in [3.63, 3.8) is 0 Å². The molecule has 2 aromatic rings. The van der Waals surface area contributed by atoms with E-state index in [-0.39, 0.29) is 11.8 Å². The number of carbonyl (C=O) groups is 1. The number of anilines is 1. The Morgan fingerprint density at radius 2 is 2.00 bits per heavy atom. The highest BCUT2D eigenvalue weighted by Gasteiger charge is 2.17. The number of hydrogen-bond donors (Lipinski definition) is 1. The normalized spacial score (nSPS) is 15.1. The fourth-order valence-corrected chi connectivity index (χ4v) is 3.09. The van der Waals surface area contributed by atoms with Gasteiger partial charge in [0.05, 0.1) is 25.2 Å². The molecule has 2 heterocycles. The van der Waals surface area contributed by atoms with Crippen LogP contribution in [-0.2, 0) is 23.0 Å². The zero-order valence-corrected chi connectivity index (χ0v) is 13.3. The van der Waals surface area contributed by atoms with Crippen LogP contribution in [0.3, 0.4) is 0 Å². The number of carboxylic acids is 1. The Morgan fingerprint density at radius 1 is 1.30 bits per heavy atom. The van der Waals surface area contributed by atoms with Crippen LogP contribution in [0.1, 0.15) is 11.3 Å². The highest BCUT2D eigenvalue weighted by molar-refractivity contribution is 5.85. The van der Waals surface area contributed by atoms with Crippen LogP contribution in [0.4, 0.5) is 5.69 Å². The molecule has 1 aromatic heterocycles. The number of aromatic nitrogens is 1. The van der Waals surface area contributed by atoms with E-state index in [0.29, 0.717) is 29.9 Å². The molecule has 1 N–H and O–H groups in total.